The number of rotatable bonds is 6. The van der Waals surface area contributed by atoms with Gasteiger partial charge >= 0.3 is 11.2 Å². The minimum Gasteiger partial charge on any atom is -0.362 e. The molecule has 2 aromatic carbocycles. The highest BCUT2D eigenvalue weighted by atomic mass is 35.5. The monoisotopic (exact) mass is 517 g/mol. The maximum absolute atomic E-state index is 13.3. The number of likely N-dealkylation sites (N-methyl/N-ethyl adjacent to an activating group) is 1. The van der Waals surface area contributed by atoms with E-state index in [1.807, 2.05) is 19.0 Å². The number of anilines is 1. The molecule has 0 N–H and O–H groups in total. The Morgan fingerprint density at radius 2 is 1.66 bits per heavy atom. The molecule has 1 amide bonds. The van der Waals surface area contributed by atoms with Crippen LogP contribution in [0.3, 0.4) is 0 Å². The Labute approximate surface area is 212 Å². The van der Waals surface area contributed by atoms with Crippen LogP contribution in [0.2, 0.25) is 10.0 Å². The zero-order chi connectivity index (χ0) is 25.3. The molecule has 1 aromatic heterocycles. The van der Waals surface area contributed by atoms with Crippen molar-refractivity contribution >= 4 is 51.4 Å². The van der Waals surface area contributed by atoms with E-state index in [0.717, 1.165) is 0 Å². The van der Waals surface area contributed by atoms with Gasteiger partial charge < -0.3 is 19.3 Å². The van der Waals surface area contributed by atoms with Crippen molar-refractivity contribution in [3.8, 4) is 0 Å². The SMILES string of the molecule is CN(C)CCn1c(=O)c([N+](=O)[O-])c(N2CCN(C(=O)c3ccc(Cl)cc3)CC2)c2cc(Cl)ccc21. The lowest BCUT2D eigenvalue weighted by molar-refractivity contribution is -0.385. The maximum Gasteiger partial charge on any atom is 0.357 e. The summed E-state index contributed by atoms with van der Waals surface area (Å²) >= 11 is 12.2. The van der Waals surface area contributed by atoms with E-state index in [-0.39, 0.29) is 11.6 Å². The van der Waals surface area contributed by atoms with Gasteiger partial charge in [0.15, 0.2) is 0 Å². The molecule has 2 heterocycles. The summed E-state index contributed by atoms with van der Waals surface area (Å²) in [6, 6.07) is 11.7. The number of carbonyl (C=O) groups excluding carboxylic acids is 1. The molecule has 0 bridgehead atoms. The summed E-state index contributed by atoms with van der Waals surface area (Å²) < 4.78 is 1.44. The van der Waals surface area contributed by atoms with Crippen molar-refractivity contribution < 1.29 is 9.72 Å². The molecule has 1 aliphatic rings. The lowest BCUT2D eigenvalue weighted by Crippen LogP contribution is -2.49. The van der Waals surface area contributed by atoms with Crippen LogP contribution in [0, 0.1) is 10.1 Å². The van der Waals surface area contributed by atoms with Crippen LogP contribution in [0.4, 0.5) is 11.4 Å². The van der Waals surface area contributed by atoms with Gasteiger partial charge in [-0.25, -0.2) is 0 Å². The molecule has 0 unspecified atom stereocenters. The minimum atomic E-state index is -0.652. The Kier molecular flexibility index (Phi) is 7.30. The van der Waals surface area contributed by atoms with E-state index < -0.39 is 16.2 Å². The molecule has 35 heavy (non-hydrogen) atoms. The normalized spacial score (nSPS) is 14.1. The molecule has 3 aromatic rings. The van der Waals surface area contributed by atoms with E-state index in [1.54, 1.807) is 52.3 Å². The molecule has 9 nitrogen and oxygen atoms in total. The second kappa shape index (κ2) is 10.2. The molecule has 0 saturated carbocycles. The summed E-state index contributed by atoms with van der Waals surface area (Å²) in [6.07, 6.45) is 0. The predicted molar refractivity (Wildman–Crippen MR) is 138 cm³/mol. The molecule has 0 atom stereocenters. The first-order valence-electron chi connectivity index (χ1n) is 11.1. The highest BCUT2D eigenvalue weighted by Gasteiger charge is 2.32. The van der Waals surface area contributed by atoms with Crippen LogP contribution in [0.1, 0.15) is 10.4 Å². The number of aromatic nitrogens is 1. The molecule has 0 radical (unpaired) electrons. The van der Waals surface area contributed by atoms with Gasteiger partial charge in [0.2, 0.25) is 0 Å². The average Bonchev–Trinajstić information content (AvgIpc) is 2.82. The first kappa shape index (κ1) is 25.0. The summed E-state index contributed by atoms with van der Waals surface area (Å²) in [5.74, 6) is -0.136. The number of hydrogen-bond donors (Lipinski definition) is 0. The van der Waals surface area contributed by atoms with Crippen molar-refractivity contribution in [1.29, 1.82) is 0 Å². The van der Waals surface area contributed by atoms with Crippen molar-refractivity contribution in [2.75, 3.05) is 51.7 Å². The summed E-state index contributed by atoms with van der Waals surface area (Å²) in [5, 5.41) is 13.6. The molecule has 0 aliphatic carbocycles. The molecule has 184 valence electrons. The lowest BCUT2D eigenvalue weighted by atomic mass is 10.1. The van der Waals surface area contributed by atoms with E-state index in [0.29, 0.717) is 65.8 Å². The Morgan fingerprint density at radius 1 is 1.03 bits per heavy atom. The van der Waals surface area contributed by atoms with Crippen LogP contribution in [0.25, 0.3) is 10.9 Å². The lowest BCUT2D eigenvalue weighted by Gasteiger charge is -2.36. The minimum absolute atomic E-state index is 0.136. The van der Waals surface area contributed by atoms with Gasteiger partial charge in [-0.05, 0) is 56.6 Å². The van der Waals surface area contributed by atoms with Crippen LogP contribution < -0.4 is 10.5 Å². The summed E-state index contributed by atoms with van der Waals surface area (Å²) in [7, 11) is 3.75. The van der Waals surface area contributed by atoms with Gasteiger partial charge in [0.25, 0.3) is 5.91 Å². The number of amides is 1. The number of nitro groups is 1. The van der Waals surface area contributed by atoms with E-state index in [4.69, 9.17) is 23.2 Å². The van der Waals surface area contributed by atoms with Crippen LogP contribution in [0.15, 0.2) is 47.3 Å². The number of pyridine rings is 1. The second-order valence-electron chi connectivity index (χ2n) is 8.66. The smallest absolute Gasteiger partial charge is 0.357 e. The molecule has 11 heteroatoms. The molecule has 4 rings (SSSR count). The van der Waals surface area contributed by atoms with Gasteiger partial charge in [-0.15, -0.1) is 0 Å². The van der Waals surface area contributed by atoms with E-state index in [1.165, 1.54) is 4.57 Å². The van der Waals surface area contributed by atoms with Crippen molar-refractivity contribution in [3.63, 3.8) is 0 Å². The van der Waals surface area contributed by atoms with Gasteiger partial charge in [-0.2, -0.15) is 0 Å². The van der Waals surface area contributed by atoms with Crippen LogP contribution >= 0.6 is 23.2 Å². The van der Waals surface area contributed by atoms with E-state index in [2.05, 4.69) is 0 Å². The zero-order valence-electron chi connectivity index (χ0n) is 19.4. The number of nitrogens with zero attached hydrogens (tertiary/aromatic N) is 5. The van der Waals surface area contributed by atoms with Gasteiger partial charge in [0, 0.05) is 60.3 Å². The van der Waals surface area contributed by atoms with Crippen molar-refractivity contribution in [3.05, 3.63) is 78.5 Å². The third-order valence-electron chi connectivity index (χ3n) is 6.10. The van der Waals surface area contributed by atoms with E-state index >= 15 is 0 Å². The molecular weight excluding hydrogens is 493 g/mol. The van der Waals surface area contributed by atoms with Crippen LogP contribution in [-0.2, 0) is 6.54 Å². The van der Waals surface area contributed by atoms with Crippen molar-refractivity contribution in [2.24, 2.45) is 0 Å². The number of fused-ring (bicyclic) bond motifs is 1. The summed E-state index contributed by atoms with van der Waals surface area (Å²) in [4.78, 5) is 43.2. The Morgan fingerprint density at radius 3 is 2.26 bits per heavy atom. The summed E-state index contributed by atoms with van der Waals surface area (Å²) in [5.41, 5.74) is 0.227. The van der Waals surface area contributed by atoms with Crippen molar-refractivity contribution in [2.45, 2.75) is 6.54 Å². The average molecular weight is 518 g/mol. The first-order valence-corrected chi connectivity index (χ1v) is 11.9. The highest BCUT2D eigenvalue weighted by Crippen LogP contribution is 2.35. The van der Waals surface area contributed by atoms with Gasteiger partial charge in [-0.1, -0.05) is 23.2 Å². The molecule has 1 saturated heterocycles. The molecule has 1 aliphatic heterocycles. The Bertz CT molecular complexity index is 1330. The number of hydrogen-bond acceptors (Lipinski definition) is 6. The predicted octanol–water partition coefficient (Wildman–Crippen LogP) is 3.74. The van der Waals surface area contributed by atoms with Gasteiger partial charge in [0.1, 0.15) is 5.69 Å². The van der Waals surface area contributed by atoms with Gasteiger partial charge in [-0.3, -0.25) is 19.7 Å². The fraction of sp³-hybridized carbons (Fsp3) is 0.333. The largest absolute Gasteiger partial charge is 0.362 e. The van der Waals surface area contributed by atoms with Gasteiger partial charge in [0.05, 0.1) is 10.4 Å². The first-order chi connectivity index (χ1) is 16.7. The highest BCUT2D eigenvalue weighted by molar-refractivity contribution is 6.31. The maximum atomic E-state index is 13.3. The fourth-order valence-electron chi connectivity index (χ4n) is 4.31. The molecular formula is C24H25Cl2N5O4. The number of carbonyl (C=O) groups is 1. The fourth-order valence-corrected chi connectivity index (χ4v) is 4.61. The number of piperazine rings is 1. The van der Waals surface area contributed by atoms with Crippen molar-refractivity contribution in [1.82, 2.24) is 14.4 Å². The number of halogens is 2. The van der Waals surface area contributed by atoms with E-state index in [9.17, 15) is 19.7 Å². The standard InChI is InChI=1S/C24H25Cl2N5O4/c1-27(2)9-14-30-20-8-7-18(26)15-19(20)21(22(24(30)33)31(34)35)28-10-12-29(13-11-28)23(32)16-3-5-17(25)6-4-16/h3-8,15H,9-14H2,1-2H3. The topological polar surface area (TPSA) is 91.9 Å². The zero-order valence-corrected chi connectivity index (χ0v) is 20.9. The second-order valence-corrected chi connectivity index (χ2v) is 9.53. The van der Waals surface area contributed by atoms with Crippen LogP contribution in [-0.4, -0.2) is 72.0 Å². The number of benzene rings is 2. The van der Waals surface area contributed by atoms with Crippen LogP contribution in [0.5, 0.6) is 0 Å². The third-order valence-corrected chi connectivity index (χ3v) is 6.59. The summed E-state index contributed by atoms with van der Waals surface area (Å²) in [6.45, 7) is 2.22. The Balaban J connectivity index is 1.72. The molecule has 1 fully saturated rings. The Hall–Kier alpha value is -3.14. The third kappa shape index (κ3) is 5.12. The quantitative estimate of drug-likeness (QED) is 0.365. The molecule has 0 spiro atoms.